The fourth-order valence-corrected chi connectivity index (χ4v) is 2.18. The molecule has 0 aliphatic heterocycles. The van der Waals surface area contributed by atoms with Crippen LogP contribution in [-0.4, -0.2) is 11.8 Å². The largest absolute Gasteiger partial charge is 0.326 e. The molecule has 4 nitrogen and oxygen atoms in total. The Morgan fingerprint density at radius 1 is 1.00 bits per heavy atom. The third kappa shape index (κ3) is 4.21. The monoisotopic (exact) mass is 322 g/mol. The van der Waals surface area contributed by atoms with Crippen LogP contribution < -0.4 is 10.6 Å². The van der Waals surface area contributed by atoms with Gasteiger partial charge in [-0.05, 0) is 36.4 Å². The summed E-state index contributed by atoms with van der Waals surface area (Å²) in [6, 6.07) is 11.4. The van der Waals surface area contributed by atoms with Crippen molar-refractivity contribution in [3.63, 3.8) is 0 Å². The van der Waals surface area contributed by atoms with Crippen molar-refractivity contribution in [2.45, 2.75) is 6.92 Å². The van der Waals surface area contributed by atoms with Crippen molar-refractivity contribution in [2.24, 2.45) is 0 Å². The number of carbonyl (C=O) groups excluding carboxylic acids is 2. The summed E-state index contributed by atoms with van der Waals surface area (Å²) in [5.41, 5.74) is 1.43. The quantitative estimate of drug-likeness (QED) is 0.889. The first-order chi connectivity index (χ1) is 9.95. The second-order valence-corrected chi connectivity index (χ2v) is 5.18. The standard InChI is InChI=1S/C15H12Cl2N2O2/c1-9(20)18-12-4-2-3-10(7-12)15(21)19-14-6-5-11(16)8-13(14)17/h2-8H,1H3,(H,18,20)(H,19,21). The topological polar surface area (TPSA) is 58.2 Å². The molecule has 0 aromatic heterocycles. The van der Waals surface area contributed by atoms with E-state index in [1.807, 2.05) is 0 Å². The van der Waals surface area contributed by atoms with Crippen LogP contribution in [0.4, 0.5) is 11.4 Å². The van der Waals surface area contributed by atoms with Gasteiger partial charge in [-0.25, -0.2) is 0 Å². The van der Waals surface area contributed by atoms with Crippen molar-refractivity contribution in [3.8, 4) is 0 Å². The molecule has 0 bridgehead atoms. The summed E-state index contributed by atoms with van der Waals surface area (Å²) >= 11 is 11.8. The summed E-state index contributed by atoms with van der Waals surface area (Å²) in [6.07, 6.45) is 0. The minimum absolute atomic E-state index is 0.201. The van der Waals surface area contributed by atoms with E-state index in [1.54, 1.807) is 42.5 Å². The van der Waals surface area contributed by atoms with E-state index in [2.05, 4.69) is 10.6 Å². The van der Waals surface area contributed by atoms with Crippen LogP contribution in [0.2, 0.25) is 10.0 Å². The summed E-state index contributed by atoms with van der Waals surface area (Å²) in [5.74, 6) is -0.528. The van der Waals surface area contributed by atoms with Gasteiger partial charge in [0.2, 0.25) is 5.91 Å². The second kappa shape index (κ2) is 6.61. The highest BCUT2D eigenvalue weighted by Crippen LogP contribution is 2.26. The van der Waals surface area contributed by atoms with Crippen molar-refractivity contribution in [2.75, 3.05) is 10.6 Å². The van der Waals surface area contributed by atoms with E-state index in [0.29, 0.717) is 27.0 Å². The zero-order valence-corrected chi connectivity index (χ0v) is 12.6. The molecule has 2 amide bonds. The number of carbonyl (C=O) groups is 2. The summed E-state index contributed by atoms with van der Waals surface area (Å²) in [7, 11) is 0. The molecule has 2 aromatic carbocycles. The number of hydrogen-bond acceptors (Lipinski definition) is 2. The Hall–Kier alpha value is -2.04. The van der Waals surface area contributed by atoms with Crippen molar-refractivity contribution in [1.29, 1.82) is 0 Å². The molecule has 0 atom stereocenters. The molecular weight excluding hydrogens is 311 g/mol. The number of hydrogen-bond donors (Lipinski definition) is 2. The van der Waals surface area contributed by atoms with E-state index in [4.69, 9.17) is 23.2 Å². The van der Waals surface area contributed by atoms with Crippen molar-refractivity contribution < 1.29 is 9.59 Å². The maximum absolute atomic E-state index is 12.2. The van der Waals surface area contributed by atoms with Gasteiger partial charge in [-0.2, -0.15) is 0 Å². The van der Waals surface area contributed by atoms with E-state index in [1.165, 1.54) is 6.92 Å². The maximum Gasteiger partial charge on any atom is 0.255 e. The zero-order chi connectivity index (χ0) is 15.4. The predicted octanol–water partition coefficient (Wildman–Crippen LogP) is 4.20. The highest BCUT2D eigenvalue weighted by Gasteiger charge is 2.09. The van der Waals surface area contributed by atoms with Crippen LogP contribution in [0.3, 0.4) is 0 Å². The average molecular weight is 323 g/mol. The van der Waals surface area contributed by atoms with Crippen LogP contribution in [0.5, 0.6) is 0 Å². The highest BCUT2D eigenvalue weighted by molar-refractivity contribution is 6.36. The minimum Gasteiger partial charge on any atom is -0.326 e. The summed E-state index contributed by atoms with van der Waals surface area (Å²) in [5, 5.41) is 6.16. The number of amides is 2. The Labute approximate surface area is 132 Å². The lowest BCUT2D eigenvalue weighted by Gasteiger charge is -2.09. The van der Waals surface area contributed by atoms with Gasteiger partial charge in [0.15, 0.2) is 0 Å². The zero-order valence-electron chi connectivity index (χ0n) is 11.1. The van der Waals surface area contributed by atoms with Gasteiger partial charge in [0, 0.05) is 23.2 Å². The molecular formula is C15H12Cl2N2O2. The van der Waals surface area contributed by atoms with Gasteiger partial charge in [-0.3, -0.25) is 9.59 Å². The Morgan fingerprint density at radius 3 is 2.43 bits per heavy atom. The van der Waals surface area contributed by atoms with Crippen LogP contribution >= 0.6 is 23.2 Å². The molecule has 2 N–H and O–H groups in total. The van der Waals surface area contributed by atoms with E-state index < -0.39 is 0 Å². The molecule has 0 fully saturated rings. The van der Waals surface area contributed by atoms with Crippen LogP contribution in [-0.2, 0) is 4.79 Å². The number of benzene rings is 2. The van der Waals surface area contributed by atoms with E-state index >= 15 is 0 Å². The van der Waals surface area contributed by atoms with Gasteiger partial charge in [-0.15, -0.1) is 0 Å². The summed E-state index contributed by atoms with van der Waals surface area (Å²) in [4.78, 5) is 23.2. The Balaban J connectivity index is 2.18. The van der Waals surface area contributed by atoms with Gasteiger partial charge in [-0.1, -0.05) is 29.3 Å². The van der Waals surface area contributed by atoms with Gasteiger partial charge < -0.3 is 10.6 Å². The second-order valence-electron chi connectivity index (χ2n) is 4.34. The highest BCUT2D eigenvalue weighted by atomic mass is 35.5. The molecule has 2 aromatic rings. The molecule has 0 aliphatic rings. The van der Waals surface area contributed by atoms with Crippen LogP contribution in [0.1, 0.15) is 17.3 Å². The Kier molecular flexibility index (Phi) is 4.83. The first-order valence-electron chi connectivity index (χ1n) is 6.10. The molecule has 0 radical (unpaired) electrons. The lowest BCUT2D eigenvalue weighted by molar-refractivity contribution is -0.114. The third-order valence-electron chi connectivity index (χ3n) is 2.62. The maximum atomic E-state index is 12.2. The SMILES string of the molecule is CC(=O)Nc1cccc(C(=O)Nc2ccc(Cl)cc2Cl)c1. The molecule has 0 saturated carbocycles. The molecule has 21 heavy (non-hydrogen) atoms. The summed E-state index contributed by atoms with van der Waals surface area (Å²) in [6.45, 7) is 1.40. The van der Waals surface area contributed by atoms with E-state index in [9.17, 15) is 9.59 Å². The Bertz CT molecular complexity index is 702. The van der Waals surface area contributed by atoms with Crippen LogP contribution in [0.25, 0.3) is 0 Å². The van der Waals surface area contributed by atoms with Gasteiger partial charge in [0.05, 0.1) is 10.7 Å². The molecule has 6 heteroatoms. The molecule has 0 spiro atoms. The van der Waals surface area contributed by atoms with Gasteiger partial charge >= 0.3 is 0 Å². The molecule has 0 saturated heterocycles. The molecule has 2 rings (SSSR count). The fourth-order valence-electron chi connectivity index (χ4n) is 1.73. The van der Waals surface area contributed by atoms with Crippen molar-refractivity contribution in [1.82, 2.24) is 0 Å². The predicted molar refractivity (Wildman–Crippen MR) is 85.2 cm³/mol. The number of halogens is 2. The number of rotatable bonds is 3. The van der Waals surface area contributed by atoms with Gasteiger partial charge in [0.1, 0.15) is 0 Å². The first-order valence-corrected chi connectivity index (χ1v) is 6.85. The molecule has 0 aliphatic carbocycles. The van der Waals surface area contributed by atoms with Crippen LogP contribution in [0.15, 0.2) is 42.5 Å². The normalized spacial score (nSPS) is 10.0. The van der Waals surface area contributed by atoms with Crippen LogP contribution in [0, 0.1) is 0 Å². The average Bonchev–Trinajstić information content (AvgIpc) is 2.41. The third-order valence-corrected chi connectivity index (χ3v) is 3.17. The molecule has 108 valence electrons. The molecule has 0 heterocycles. The fraction of sp³-hybridized carbons (Fsp3) is 0.0667. The van der Waals surface area contributed by atoms with Crippen molar-refractivity contribution >= 4 is 46.4 Å². The van der Waals surface area contributed by atoms with E-state index in [-0.39, 0.29) is 11.8 Å². The minimum atomic E-state index is -0.327. The molecule has 0 unspecified atom stereocenters. The lowest BCUT2D eigenvalue weighted by atomic mass is 10.2. The summed E-state index contributed by atoms with van der Waals surface area (Å²) < 4.78 is 0. The first kappa shape index (κ1) is 15.4. The number of anilines is 2. The Morgan fingerprint density at radius 2 is 1.76 bits per heavy atom. The van der Waals surface area contributed by atoms with E-state index in [0.717, 1.165) is 0 Å². The van der Waals surface area contributed by atoms with Gasteiger partial charge in [0.25, 0.3) is 5.91 Å². The lowest BCUT2D eigenvalue weighted by Crippen LogP contribution is -2.13. The smallest absolute Gasteiger partial charge is 0.255 e. The number of nitrogens with one attached hydrogen (secondary N) is 2. The van der Waals surface area contributed by atoms with Crippen molar-refractivity contribution in [3.05, 3.63) is 58.1 Å².